The molecule has 0 aliphatic carbocycles. The highest BCUT2D eigenvalue weighted by molar-refractivity contribution is 5.59. The molecule has 5 heteroatoms. The largest absolute Gasteiger partial charge is 0.355 e. The monoisotopic (exact) mass is 297 g/mol. The Hall–Kier alpha value is -2.01. The molecule has 3 heterocycles. The highest BCUT2D eigenvalue weighted by atomic mass is 15.2. The Balaban J connectivity index is 2.04. The average Bonchev–Trinajstić information content (AvgIpc) is 2.84. The zero-order chi connectivity index (χ0) is 15.4. The van der Waals surface area contributed by atoms with Gasteiger partial charge in [0.05, 0.1) is 0 Å². The van der Waals surface area contributed by atoms with Crippen LogP contribution < -0.4 is 10.2 Å². The third kappa shape index (κ3) is 3.09. The Kier molecular flexibility index (Phi) is 4.63. The molecular formula is C17H23N5. The molecule has 0 unspecified atom stereocenters. The lowest BCUT2D eigenvalue weighted by Gasteiger charge is -2.25. The molecule has 0 aromatic carbocycles. The summed E-state index contributed by atoms with van der Waals surface area (Å²) in [5.74, 6) is 1.87. The number of anilines is 1. The van der Waals surface area contributed by atoms with Crippen molar-refractivity contribution >= 4 is 5.82 Å². The molecule has 116 valence electrons. The summed E-state index contributed by atoms with van der Waals surface area (Å²) < 4.78 is 0. The van der Waals surface area contributed by atoms with Crippen molar-refractivity contribution in [2.45, 2.75) is 26.7 Å². The van der Waals surface area contributed by atoms with E-state index in [1.807, 2.05) is 18.3 Å². The number of nitrogens with zero attached hydrogens (tertiary/aromatic N) is 4. The van der Waals surface area contributed by atoms with Crippen LogP contribution >= 0.6 is 0 Å². The molecular weight excluding hydrogens is 274 g/mol. The molecule has 0 radical (unpaired) electrons. The summed E-state index contributed by atoms with van der Waals surface area (Å²) in [4.78, 5) is 16.2. The average molecular weight is 297 g/mol. The fourth-order valence-electron chi connectivity index (χ4n) is 2.94. The molecule has 2 aromatic heterocycles. The molecule has 0 spiro atoms. The fourth-order valence-corrected chi connectivity index (χ4v) is 2.94. The summed E-state index contributed by atoms with van der Waals surface area (Å²) in [5.41, 5.74) is 3.31. The highest BCUT2D eigenvalue weighted by Gasteiger charge is 2.18. The van der Waals surface area contributed by atoms with Crippen molar-refractivity contribution in [2.24, 2.45) is 0 Å². The molecule has 0 bridgehead atoms. The van der Waals surface area contributed by atoms with Crippen molar-refractivity contribution < 1.29 is 0 Å². The van der Waals surface area contributed by atoms with Crippen LogP contribution in [0, 0.1) is 6.92 Å². The summed E-state index contributed by atoms with van der Waals surface area (Å²) in [6.45, 7) is 8.39. The van der Waals surface area contributed by atoms with Crippen molar-refractivity contribution in [1.82, 2.24) is 20.3 Å². The minimum Gasteiger partial charge on any atom is -0.355 e. The maximum Gasteiger partial charge on any atom is 0.163 e. The minimum atomic E-state index is 0.773. The summed E-state index contributed by atoms with van der Waals surface area (Å²) in [7, 11) is 0. The number of nitrogens with one attached hydrogen (secondary N) is 1. The van der Waals surface area contributed by atoms with Gasteiger partial charge in [0, 0.05) is 48.8 Å². The second-order valence-corrected chi connectivity index (χ2v) is 5.62. The number of hydrogen-bond donors (Lipinski definition) is 1. The van der Waals surface area contributed by atoms with Gasteiger partial charge in [-0.2, -0.15) is 0 Å². The SMILES string of the molecule is CCc1c(C)nc(-c2cccnc2)nc1N1CCCNCC1. The van der Waals surface area contributed by atoms with Gasteiger partial charge in [0.1, 0.15) is 5.82 Å². The van der Waals surface area contributed by atoms with Gasteiger partial charge in [0.15, 0.2) is 5.82 Å². The van der Waals surface area contributed by atoms with Gasteiger partial charge in [-0.25, -0.2) is 9.97 Å². The zero-order valence-electron chi connectivity index (χ0n) is 13.3. The van der Waals surface area contributed by atoms with E-state index in [1.165, 1.54) is 5.56 Å². The lowest BCUT2D eigenvalue weighted by atomic mass is 10.1. The number of aromatic nitrogens is 3. The first-order valence-electron chi connectivity index (χ1n) is 8.03. The minimum absolute atomic E-state index is 0.773. The quantitative estimate of drug-likeness (QED) is 0.941. The summed E-state index contributed by atoms with van der Waals surface area (Å²) in [6.07, 6.45) is 5.71. The summed E-state index contributed by atoms with van der Waals surface area (Å²) in [6, 6.07) is 3.94. The van der Waals surface area contributed by atoms with E-state index in [2.05, 4.69) is 29.0 Å². The van der Waals surface area contributed by atoms with Gasteiger partial charge >= 0.3 is 0 Å². The third-order valence-corrected chi connectivity index (χ3v) is 4.10. The molecule has 22 heavy (non-hydrogen) atoms. The Morgan fingerprint density at radius 3 is 2.91 bits per heavy atom. The van der Waals surface area contributed by atoms with Crippen LogP contribution in [0.1, 0.15) is 24.6 Å². The van der Waals surface area contributed by atoms with Gasteiger partial charge in [0.2, 0.25) is 0 Å². The third-order valence-electron chi connectivity index (χ3n) is 4.10. The lowest BCUT2D eigenvalue weighted by Crippen LogP contribution is -2.30. The van der Waals surface area contributed by atoms with Crippen molar-refractivity contribution in [3.8, 4) is 11.4 Å². The molecule has 1 aliphatic heterocycles. The van der Waals surface area contributed by atoms with Crippen molar-refractivity contribution in [2.75, 3.05) is 31.1 Å². The van der Waals surface area contributed by atoms with Gasteiger partial charge in [-0.05, 0) is 38.4 Å². The maximum atomic E-state index is 4.89. The standard InChI is InChI=1S/C17H23N5/c1-3-15-13(2)20-16(14-6-4-7-19-12-14)21-17(15)22-10-5-8-18-9-11-22/h4,6-7,12,18H,3,5,8-11H2,1-2H3. The Bertz CT molecular complexity index is 618. The molecule has 0 atom stereocenters. The first-order chi connectivity index (χ1) is 10.8. The van der Waals surface area contributed by atoms with Crippen LogP contribution in [0.15, 0.2) is 24.5 Å². The smallest absolute Gasteiger partial charge is 0.163 e. The first-order valence-corrected chi connectivity index (χ1v) is 8.03. The van der Waals surface area contributed by atoms with Crippen molar-refractivity contribution in [3.63, 3.8) is 0 Å². The Morgan fingerprint density at radius 2 is 2.14 bits per heavy atom. The number of aryl methyl sites for hydroxylation is 1. The van der Waals surface area contributed by atoms with Crippen LogP contribution in [0.4, 0.5) is 5.82 Å². The number of pyridine rings is 1. The topological polar surface area (TPSA) is 53.9 Å². The van der Waals surface area contributed by atoms with E-state index in [0.29, 0.717) is 0 Å². The first kappa shape index (κ1) is 14.9. The molecule has 3 rings (SSSR count). The summed E-state index contributed by atoms with van der Waals surface area (Å²) in [5, 5.41) is 3.45. The summed E-state index contributed by atoms with van der Waals surface area (Å²) >= 11 is 0. The van der Waals surface area contributed by atoms with Gasteiger partial charge in [-0.15, -0.1) is 0 Å². The van der Waals surface area contributed by atoms with E-state index < -0.39 is 0 Å². The van der Waals surface area contributed by atoms with Crippen LogP contribution in [0.3, 0.4) is 0 Å². The van der Waals surface area contributed by atoms with Crippen molar-refractivity contribution in [3.05, 3.63) is 35.8 Å². The van der Waals surface area contributed by atoms with E-state index >= 15 is 0 Å². The molecule has 1 saturated heterocycles. The molecule has 2 aromatic rings. The molecule has 0 amide bonds. The van der Waals surface area contributed by atoms with Gasteiger partial charge in [-0.1, -0.05) is 6.92 Å². The van der Waals surface area contributed by atoms with E-state index in [4.69, 9.17) is 9.97 Å². The molecule has 5 nitrogen and oxygen atoms in total. The van der Waals surface area contributed by atoms with Gasteiger partial charge < -0.3 is 10.2 Å². The predicted molar refractivity (Wildman–Crippen MR) is 89.1 cm³/mol. The maximum absolute atomic E-state index is 4.89. The number of hydrogen-bond acceptors (Lipinski definition) is 5. The Morgan fingerprint density at radius 1 is 1.23 bits per heavy atom. The van der Waals surface area contributed by atoms with E-state index in [1.54, 1.807) is 6.20 Å². The van der Waals surface area contributed by atoms with Crippen LogP contribution in [0.2, 0.25) is 0 Å². The lowest BCUT2D eigenvalue weighted by molar-refractivity contribution is 0.724. The van der Waals surface area contributed by atoms with Crippen molar-refractivity contribution in [1.29, 1.82) is 0 Å². The normalized spacial score (nSPS) is 15.6. The second-order valence-electron chi connectivity index (χ2n) is 5.62. The van der Waals surface area contributed by atoms with E-state index in [0.717, 1.165) is 61.9 Å². The number of rotatable bonds is 3. The molecule has 0 saturated carbocycles. The van der Waals surface area contributed by atoms with Gasteiger partial charge in [-0.3, -0.25) is 4.98 Å². The Labute approximate surface area is 131 Å². The van der Waals surface area contributed by atoms with E-state index in [9.17, 15) is 0 Å². The van der Waals surface area contributed by atoms with Gasteiger partial charge in [0.25, 0.3) is 0 Å². The van der Waals surface area contributed by atoms with E-state index in [-0.39, 0.29) is 0 Å². The zero-order valence-corrected chi connectivity index (χ0v) is 13.3. The van der Waals surface area contributed by atoms with Crippen LogP contribution in [0.25, 0.3) is 11.4 Å². The van der Waals surface area contributed by atoms with Crippen LogP contribution in [0.5, 0.6) is 0 Å². The molecule has 1 N–H and O–H groups in total. The molecule has 1 fully saturated rings. The highest BCUT2D eigenvalue weighted by Crippen LogP contribution is 2.25. The molecule has 1 aliphatic rings. The van der Waals surface area contributed by atoms with Crippen LogP contribution in [-0.2, 0) is 6.42 Å². The second kappa shape index (κ2) is 6.83. The predicted octanol–water partition coefficient (Wildman–Crippen LogP) is 2.21. The fraction of sp³-hybridized carbons (Fsp3) is 0.471. The van der Waals surface area contributed by atoms with Crippen LogP contribution in [-0.4, -0.2) is 41.1 Å².